The van der Waals surface area contributed by atoms with Crippen molar-refractivity contribution in [1.29, 1.82) is 0 Å². The molecule has 1 unspecified atom stereocenters. The Morgan fingerprint density at radius 2 is 2.09 bits per heavy atom. The Morgan fingerprint density at radius 1 is 1.41 bits per heavy atom. The summed E-state index contributed by atoms with van der Waals surface area (Å²) in [7, 11) is 0. The summed E-state index contributed by atoms with van der Waals surface area (Å²) in [6.45, 7) is 1.05. The summed E-state index contributed by atoms with van der Waals surface area (Å²) in [5.74, 6) is -0.437. The molecule has 3 N–H and O–H groups in total. The average molecular weight is 339 g/mol. The Hall–Kier alpha value is -1.60. The lowest BCUT2D eigenvalue weighted by Gasteiger charge is -2.16. The first kappa shape index (κ1) is 20.4. The van der Waals surface area contributed by atoms with Gasteiger partial charge >= 0.3 is 6.61 Å². The fourth-order valence-corrected chi connectivity index (χ4v) is 1.66. The van der Waals surface area contributed by atoms with E-state index in [1.807, 2.05) is 0 Å². The molecule has 0 radical (unpaired) electrons. The van der Waals surface area contributed by atoms with E-state index >= 15 is 0 Å². The topological polar surface area (TPSA) is 73.6 Å². The van der Waals surface area contributed by atoms with Gasteiger partial charge in [0, 0.05) is 24.6 Å². The van der Waals surface area contributed by atoms with Crippen LogP contribution in [0.2, 0.25) is 0 Å². The van der Waals surface area contributed by atoms with Crippen LogP contribution in [0.3, 0.4) is 0 Å². The summed E-state index contributed by atoms with van der Waals surface area (Å²) in [5, 5.41) is 2.63. The minimum atomic E-state index is -2.97. The van der Waals surface area contributed by atoms with Crippen LogP contribution in [0.5, 0.6) is 11.5 Å². The molecule has 1 rings (SSSR count). The highest BCUT2D eigenvalue weighted by molar-refractivity contribution is 5.85. The lowest BCUT2D eigenvalue weighted by Crippen LogP contribution is -2.32. The third kappa shape index (κ3) is 6.03. The van der Waals surface area contributed by atoms with Crippen molar-refractivity contribution < 1.29 is 23.0 Å². The van der Waals surface area contributed by atoms with Crippen molar-refractivity contribution in [3.8, 4) is 11.5 Å². The summed E-state index contributed by atoms with van der Waals surface area (Å²) >= 11 is 0. The zero-order valence-electron chi connectivity index (χ0n) is 12.5. The Morgan fingerprint density at radius 3 is 2.64 bits per heavy atom. The maximum absolute atomic E-state index is 12.5. The third-order valence-electron chi connectivity index (χ3n) is 2.82. The van der Waals surface area contributed by atoms with Crippen LogP contribution in [-0.4, -0.2) is 25.7 Å². The number of para-hydroxylation sites is 1. The number of rotatable bonds is 8. The Kier molecular flexibility index (Phi) is 9.44. The molecule has 126 valence electrons. The van der Waals surface area contributed by atoms with Gasteiger partial charge in [-0.3, -0.25) is 4.79 Å². The number of carbonyl (C=O) groups excluding carboxylic acids is 1. The number of hydrogen-bond acceptors (Lipinski definition) is 4. The second-order valence-corrected chi connectivity index (χ2v) is 4.41. The van der Waals surface area contributed by atoms with E-state index in [1.165, 1.54) is 6.07 Å². The number of halogens is 3. The maximum atomic E-state index is 12.5. The number of hydrogen-bond donors (Lipinski definition) is 2. The van der Waals surface area contributed by atoms with Gasteiger partial charge in [-0.15, -0.1) is 12.4 Å². The van der Waals surface area contributed by atoms with E-state index in [9.17, 15) is 13.6 Å². The fourth-order valence-electron chi connectivity index (χ4n) is 1.66. The number of nitrogens with two attached hydrogens (primary N) is 1. The van der Waals surface area contributed by atoms with Crippen LogP contribution in [0, 0.1) is 5.92 Å². The van der Waals surface area contributed by atoms with Crippen LogP contribution in [0.1, 0.15) is 19.4 Å². The minimum Gasteiger partial charge on any atom is -0.490 e. The minimum absolute atomic E-state index is 0. The van der Waals surface area contributed by atoms with Gasteiger partial charge < -0.3 is 20.5 Å². The first-order valence-corrected chi connectivity index (χ1v) is 6.66. The van der Waals surface area contributed by atoms with Crippen molar-refractivity contribution in [2.45, 2.75) is 27.0 Å². The summed E-state index contributed by atoms with van der Waals surface area (Å²) in [6.07, 6.45) is 0. The van der Waals surface area contributed by atoms with Crippen LogP contribution in [-0.2, 0) is 11.3 Å². The highest BCUT2D eigenvalue weighted by Gasteiger charge is 2.17. The van der Waals surface area contributed by atoms with Crippen molar-refractivity contribution >= 4 is 18.3 Å². The van der Waals surface area contributed by atoms with Crippen molar-refractivity contribution in [3.05, 3.63) is 23.8 Å². The number of amides is 1. The summed E-state index contributed by atoms with van der Waals surface area (Å²) in [4.78, 5) is 11.7. The zero-order chi connectivity index (χ0) is 15.8. The fraction of sp³-hybridized carbons (Fsp3) is 0.500. The second-order valence-electron chi connectivity index (χ2n) is 4.41. The monoisotopic (exact) mass is 338 g/mol. The predicted molar refractivity (Wildman–Crippen MR) is 81.6 cm³/mol. The lowest BCUT2D eigenvalue weighted by molar-refractivity contribution is -0.124. The van der Waals surface area contributed by atoms with Crippen molar-refractivity contribution in [1.82, 2.24) is 5.32 Å². The average Bonchev–Trinajstić information content (AvgIpc) is 2.46. The number of benzene rings is 1. The normalized spacial score (nSPS) is 11.5. The molecule has 0 fully saturated rings. The molecule has 1 atom stereocenters. The molecule has 0 spiro atoms. The molecule has 1 amide bonds. The molecular weight excluding hydrogens is 318 g/mol. The van der Waals surface area contributed by atoms with Crippen LogP contribution in [0.4, 0.5) is 8.78 Å². The van der Waals surface area contributed by atoms with Crippen LogP contribution >= 0.6 is 12.4 Å². The van der Waals surface area contributed by atoms with Crippen molar-refractivity contribution in [2.24, 2.45) is 11.7 Å². The Balaban J connectivity index is 0.00000441. The standard InChI is InChI=1S/C14H20F2N2O3.ClH/c1-3-20-11-6-4-5-10(12(11)21-14(15)16)8-18-13(19)9(2)7-17;/h4-6,9,14H,3,7-8,17H2,1-2H3,(H,18,19);1H. The number of alkyl halides is 2. The number of nitrogens with one attached hydrogen (secondary N) is 1. The predicted octanol–water partition coefficient (Wildman–Crippen LogP) is 2.32. The molecule has 0 bridgehead atoms. The van der Waals surface area contributed by atoms with E-state index < -0.39 is 6.61 Å². The zero-order valence-corrected chi connectivity index (χ0v) is 13.3. The Labute approximate surface area is 134 Å². The van der Waals surface area contributed by atoms with E-state index in [0.29, 0.717) is 12.2 Å². The first-order valence-electron chi connectivity index (χ1n) is 6.66. The summed E-state index contributed by atoms with van der Waals surface area (Å²) in [6, 6.07) is 4.78. The molecule has 0 saturated carbocycles. The quantitative estimate of drug-likeness (QED) is 0.763. The van der Waals surface area contributed by atoms with Crippen LogP contribution in [0.15, 0.2) is 18.2 Å². The molecule has 0 saturated heterocycles. The van der Waals surface area contributed by atoms with E-state index in [4.69, 9.17) is 10.5 Å². The van der Waals surface area contributed by atoms with Gasteiger partial charge in [-0.1, -0.05) is 19.1 Å². The highest BCUT2D eigenvalue weighted by atomic mass is 35.5. The summed E-state index contributed by atoms with van der Waals surface area (Å²) < 4.78 is 34.8. The number of carbonyl (C=O) groups is 1. The molecule has 22 heavy (non-hydrogen) atoms. The van der Waals surface area contributed by atoms with Gasteiger partial charge in [-0.05, 0) is 13.0 Å². The molecule has 0 aliphatic rings. The van der Waals surface area contributed by atoms with E-state index in [-0.39, 0.29) is 48.8 Å². The smallest absolute Gasteiger partial charge is 0.387 e. The van der Waals surface area contributed by atoms with Gasteiger partial charge in [0.15, 0.2) is 11.5 Å². The molecule has 0 heterocycles. The molecule has 1 aromatic carbocycles. The maximum Gasteiger partial charge on any atom is 0.387 e. The second kappa shape index (κ2) is 10.2. The van der Waals surface area contributed by atoms with Gasteiger partial charge in [-0.2, -0.15) is 8.78 Å². The molecular formula is C14H21ClF2N2O3. The van der Waals surface area contributed by atoms with Crippen molar-refractivity contribution in [2.75, 3.05) is 13.2 Å². The first-order chi connectivity index (χ1) is 9.99. The molecule has 5 nitrogen and oxygen atoms in total. The van der Waals surface area contributed by atoms with Crippen molar-refractivity contribution in [3.63, 3.8) is 0 Å². The molecule has 1 aromatic rings. The Bertz CT molecular complexity index is 475. The van der Waals surface area contributed by atoms with Gasteiger partial charge in [0.05, 0.1) is 6.61 Å². The van der Waals surface area contributed by atoms with E-state index in [1.54, 1.807) is 26.0 Å². The third-order valence-corrected chi connectivity index (χ3v) is 2.82. The lowest BCUT2D eigenvalue weighted by atomic mass is 10.1. The van der Waals surface area contributed by atoms with E-state index in [0.717, 1.165) is 0 Å². The molecule has 8 heteroatoms. The largest absolute Gasteiger partial charge is 0.490 e. The highest BCUT2D eigenvalue weighted by Crippen LogP contribution is 2.32. The van der Waals surface area contributed by atoms with E-state index in [2.05, 4.69) is 10.1 Å². The molecule has 0 aromatic heterocycles. The molecule has 0 aliphatic carbocycles. The van der Waals surface area contributed by atoms with Crippen LogP contribution in [0.25, 0.3) is 0 Å². The number of ether oxygens (including phenoxy) is 2. The van der Waals surface area contributed by atoms with Gasteiger partial charge in [0.1, 0.15) is 0 Å². The molecule has 0 aliphatic heterocycles. The SMILES string of the molecule is CCOc1cccc(CNC(=O)C(C)CN)c1OC(F)F.Cl. The van der Waals surface area contributed by atoms with Gasteiger partial charge in [0.2, 0.25) is 5.91 Å². The van der Waals surface area contributed by atoms with Crippen LogP contribution < -0.4 is 20.5 Å². The van der Waals surface area contributed by atoms with Gasteiger partial charge in [-0.25, -0.2) is 0 Å². The van der Waals surface area contributed by atoms with Gasteiger partial charge in [0.25, 0.3) is 0 Å². The summed E-state index contributed by atoms with van der Waals surface area (Å²) in [5.41, 5.74) is 5.81.